The summed E-state index contributed by atoms with van der Waals surface area (Å²) in [5.41, 5.74) is 1.49. The van der Waals surface area contributed by atoms with Crippen LogP contribution in [0.15, 0.2) is 18.2 Å². The smallest absolute Gasteiger partial charge is 0.304 e. The van der Waals surface area contributed by atoms with E-state index in [1.807, 2.05) is 6.92 Å². The lowest BCUT2D eigenvalue weighted by Crippen LogP contribution is -2.44. The summed E-state index contributed by atoms with van der Waals surface area (Å²) < 4.78 is 0. The number of halogens is 1. The number of carboxylic acid groups (broad SMARTS) is 1. The molecule has 2 fully saturated rings. The first-order valence-corrected chi connectivity index (χ1v) is 9.33. The standard InChI is InChI=1S/C19H25ClN2O3/c1-12-8-14(4-7-17(12)20)19(25)21-10-16-6-5-15(9-18(23)24)22(16)11-13-2-3-13/h4,7-8,13,15-16H,2-3,5-6,9-11H2,1H3,(H,21,25)(H,23,24)/t15-,16+/m1/s1. The van der Waals surface area contributed by atoms with Gasteiger partial charge in [-0.25, -0.2) is 0 Å². The summed E-state index contributed by atoms with van der Waals surface area (Å²) in [6.45, 7) is 3.39. The Balaban J connectivity index is 1.59. The molecule has 0 bridgehead atoms. The predicted octanol–water partition coefficient (Wildman–Crippen LogP) is 3.10. The highest BCUT2D eigenvalue weighted by molar-refractivity contribution is 6.31. The first kappa shape index (κ1) is 18.2. The molecule has 25 heavy (non-hydrogen) atoms. The average Bonchev–Trinajstić information content (AvgIpc) is 3.31. The van der Waals surface area contributed by atoms with Gasteiger partial charge in [0, 0.05) is 35.8 Å². The van der Waals surface area contributed by atoms with Gasteiger partial charge in [0.2, 0.25) is 0 Å². The minimum atomic E-state index is -0.743. The number of nitrogens with zero attached hydrogens (tertiary/aromatic N) is 1. The van der Waals surface area contributed by atoms with Crippen molar-refractivity contribution in [2.75, 3.05) is 13.1 Å². The van der Waals surface area contributed by atoms with E-state index in [0.717, 1.165) is 24.9 Å². The third kappa shape index (κ3) is 4.73. The van der Waals surface area contributed by atoms with E-state index in [-0.39, 0.29) is 24.4 Å². The number of nitrogens with one attached hydrogen (secondary N) is 1. The number of benzene rings is 1. The maximum atomic E-state index is 12.4. The highest BCUT2D eigenvalue weighted by Crippen LogP contribution is 2.35. The van der Waals surface area contributed by atoms with Crippen LogP contribution in [0.4, 0.5) is 0 Å². The van der Waals surface area contributed by atoms with Crippen LogP contribution in [0.3, 0.4) is 0 Å². The SMILES string of the molecule is Cc1cc(C(=O)NC[C@@H]2CC[C@H](CC(=O)O)N2CC2CC2)ccc1Cl. The van der Waals surface area contributed by atoms with E-state index in [1.54, 1.807) is 18.2 Å². The Labute approximate surface area is 153 Å². The molecule has 1 aromatic rings. The number of carbonyl (C=O) groups excluding carboxylic acids is 1. The van der Waals surface area contributed by atoms with E-state index in [0.29, 0.717) is 23.0 Å². The maximum Gasteiger partial charge on any atom is 0.304 e. The van der Waals surface area contributed by atoms with Gasteiger partial charge < -0.3 is 10.4 Å². The van der Waals surface area contributed by atoms with Gasteiger partial charge in [0.15, 0.2) is 0 Å². The topological polar surface area (TPSA) is 69.6 Å². The number of rotatable bonds is 7. The third-order valence-electron chi connectivity index (χ3n) is 5.27. The Kier molecular flexibility index (Phi) is 5.64. The fourth-order valence-electron chi connectivity index (χ4n) is 3.65. The van der Waals surface area contributed by atoms with Crippen molar-refractivity contribution in [3.63, 3.8) is 0 Å². The zero-order valence-corrected chi connectivity index (χ0v) is 15.3. The molecular formula is C19H25ClN2O3. The third-order valence-corrected chi connectivity index (χ3v) is 5.69. The van der Waals surface area contributed by atoms with Crippen molar-refractivity contribution in [1.29, 1.82) is 0 Å². The van der Waals surface area contributed by atoms with E-state index in [1.165, 1.54) is 12.8 Å². The molecule has 0 unspecified atom stereocenters. The summed E-state index contributed by atoms with van der Waals surface area (Å²) in [6, 6.07) is 5.58. The average molecular weight is 365 g/mol. The van der Waals surface area contributed by atoms with E-state index >= 15 is 0 Å². The molecule has 0 radical (unpaired) electrons. The van der Waals surface area contributed by atoms with Gasteiger partial charge in [0.05, 0.1) is 6.42 Å². The molecule has 1 heterocycles. The normalized spacial score (nSPS) is 23.6. The van der Waals surface area contributed by atoms with Crippen LogP contribution in [-0.4, -0.2) is 47.1 Å². The van der Waals surface area contributed by atoms with Crippen LogP contribution in [-0.2, 0) is 4.79 Å². The van der Waals surface area contributed by atoms with Crippen molar-refractivity contribution in [1.82, 2.24) is 10.2 Å². The molecule has 0 aromatic heterocycles. The molecule has 2 atom stereocenters. The van der Waals surface area contributed by atoms with Crippen molar-refractivity contribution in [3.05, 3.63) is 34.3 Å². The fraction of sp³-hybridized carbons (Fsp3) is 0.579. The first-order chi connectivity index (χ1) is 11.9. The second-order valence-corrected chi connectivity index (χ2v) is 7.70. The number of aliphatic carboxylic acids is 1. The van der Waals surface area contributed by atoms with Gasteiger partial charge in [-0.3, -0.25) is 14.5 Å². The zero-order chi connectivity index (χ0) is 18.0. The molecule has 2 N–H and O–H groups in total. The Morgan fingerprint density at radius 2 is 1.96 bits per heavy atom. The molecule has 1 saturated carbocycles. The maximum absolute atomic E-state index is 12.4. The summed E-state index contributed by atoms with van der Waals surface area (Å²) in [5.74, 6) is -0.147. The summed E-state index contributed by atoms with van der Waals surface area (Å²) >= 11 is 6.01. The van der Waals surface area contributed by atoms with Crippen molar-refractivity contribution in [3.8, 4) is 0 Å². The van der Waals surface area contributed by atoms with Crippen LogP contribution in [0.25, 0.3) is 0 Å². The van der Waals surface area contributed by atoms with Gasteiger partial charge in [-0.2, -0.15) is 0 Å². The molecule has 0 spiro atoms. The van der Waals surface area contributed by atoms with Crippen molar-refractivity contribution >= 4 is 23.5 Å². The second kappa shape index (κ2) is 7.75. The van der Waals surface area contributed by atoms with Crippen molar-refractivity contribution in [2.24, 2.45) is 5.92 Å². The number of hydrogen-bond donors (Lipinski definition) is 2. The van der Waals surface area contributed by atoms with Gasteiger partial charge in [-0.15, -0.1) is 0 Å². The molecule has 1 saturated heterocycles. The summed E-state index contributed by atoms with van der Waals surface area (Å²) in [5, 5.41) is 12.8. The Morgan fingerprint density at radius 1 is 1.24 bits per heavy atom. The molecule has 3 rings (SSSR count). The summed E-state index contributed by atoms with van der Waals surface area (Å²) in [4.78, 5) is 25.8. The number of aryl methyl sites for hydroxylation is 1. The van der Waals surface area contributed by atoms with Crippen LogP contribution in [0.5, 0.6) is 0 Å². The molecule has 1 aliphatic heterocycles. The van der Waals surface area contributed by atoms with Crippen LogP contribution in [0.2, 0.25) is 5.02 Å². The zero-order valence-electron chi connectivity index (χ0n) is 14.5. The summed E-state index contributed by atoms with van der Waals surface area (Å²) in [7, 11) is 0. The summed E-state index contributed by atoms with van der Waals surface area (Å²) in [6.07, 6.45) is 4.48. The lowest BCUT2D eigenvalue weighted by Gasteiger charge is -2.29. The quantitative estimate of drug-likeness (QED) is 0.780. The Morgan fingerprint density at radius 3 is 2.60 bits per heavy atom. The molecule has 1 amide bonds. The number of carboxylic acids is 1. The van der Waals surface area contributed by atoms with Crippen LogP contribution in [0, 0.1) is 12.8 Å². The molecule has 136 valence electrons. The van der Waals surface area contributed by atoms with Gasteiger partial charge in [0.1, 0.15) is 0 Å². The van der Waals surface area contributed by atoms with Crippen LogP contribution < -0.4 is 5.32 Å². The molecule has 2 aliphatic rings. The predicted molar refractivity (Wildman–Crippen MR) is 97.0 cm³/mol. The molecule has 6 heteroatoms. The number of hydrogen-bond acceptors (Lipinski definition) is 3. The van der Waals surface area contributed by atoms with Gasteiger partial charge in [-0.1, -0.05) is 11.6 Å². The number of amides is 1. The highest BCUT2D eigenvalue weighted by Gasteiger charge is 2.37. The highest BCUT2D eigenvalue weighted by atomic mass is 35.5. The molecule has 1 aliphatic carbocycles. The fourth-order valence-corrected chi connectivity index (χ4v) is 3.77. The van der Waals surface area contributed by atoms with E-state index in [4.69, 9.17) is 16.7 Å². The lowest BCUT2D eigenvalue weighted by molar-refractivity contribution is -0.138. The van der Waals surface area contributed by atoms with E-state index < -0.39 is 5.97 Å². The van der Waals surface area contributed by atoms with Gasteiger partial charge >= 0.3 is 5.97 Å². The van der Waals surface area contributed by atoms with Gasteiger partial charge in [-0.05, 0) is 62.3 Å². The molecular weight excluding hydrogens is 340 g/mol. The van der Waals surface area contributed by atoms with Crippen molar-refractivity contribution < 1.29 is 14.7 Å². The molecule has 5 nitrogen and oxygen atoms in total. The molecule has 1 aromatic carbocycles. The van der Waals surface area contributed by atoms with Crippen LogP contribution in [0.1, 0.15) is 48.0 Å². The van der Waals surface area contributed by atoms with Crippen LogP contribution >= 0.6 is 11.6 Å². The Bertz CT molecular complexity index is 660. The number of carbonyl (C=O) groups is 2. The van der Waals surface area contributed by atoms with E-state index in [9.17, 15) is 9.59 Å². The van der Waals surface area contributed by atoms with Crippen molar-refractivity contribution in [2.45, 2.75) is 51.1 Å². The monoisotopic (exact) mass is 364 g/mol. The largest absolute Gasteiger partial charge is 0.481 e. The van der Waals surface area contributed by atoms with E-state index in [2.05, 4.69) is 10.2 Å². The second-order valence-electron chi connectivity index (χ2n) is 7.30. The minimum Gasteiger partial charge on any atom is -0.481 e. The first-order valence-electron chi connectivity index (χ1n) is 8.96. The minimum absolute atomic E-state index is 0.0952. The van der Waals surface area contributed by atoms with Gasteiger partial charge in [0.25, 0.3) is 5.91 Å². The Hall–Kier alpha value is -1.59. The lowest BCUT2D eigenvalue weighted by atomic mass is 10.1. The number of likely N-dealkylation sites (tertiary alicyclic amines) is 1.